The molecule has 8 heteroatoms. The third-order valence-corrected chi connectivity index (χ3v) is 4.47. The fourth-order valence-electron chi connectivity index (χ4n) is 2.50. The Morgan fingerprint density at radius 2 is 2.05 bits per heavy atom. The van der Waals surface area contributed by atoms with Crippen LogP contribution in [0.1, 0.15) is 22.6 Å². The van der Waals surface area contributed by atoms with E-state index >= 15 is 0 Å². The lowest BCUT2D eigenvalue weighted by Gasteiger charge is -2.21. The van der Waals surface area contributed by atoms with Crippen molar-refractivity contribution in [3.8, 4) is 0 Å². The van der Waals surface area contributed by atoms with Gasteiger partial charge in [0.15, 0.2) is 5.69 Å². The van der Waals surface area contributed by atoms with Crippen LogP contribution in [0.25, 0.3) is 0 Å². The van der Waals surface area contributed by atoms with Gasteiger partial charge < -0.3 is 14.9 Å². The number of rotatable bonds is 3. The molecule has 21 heavy (non-hydrogen) atoms. The van der Waals surface area contributed by atoms with Crippen molar-refractivity contribution in [3.63, 3.8) is 0 Å². The van der Waals surface area contributed by atoms with Crippen molar-refractivity contribution in [2.24, 2.45) is 7.05 Å². The van der Waals surface area contributed by atoms with Gasteiger partial charge in [-0.25, -0.2) is 4.79 Å². The zero-order valence-electron chi connectivity index (χ0n) is 12.5. The quantitative estimate of drug-likeness (QED) is 0.884. The molecule has 0 spiro atoms. The zero-order valence-corrected chi connectivity index (χ0v) is 13.3. The first-order chi connectivity index (χ1) is 9.73. The number of nitrogens with zero attached hydrogens (tertiary/aromatic N) is 4. The number of hydrogen-bond donors (Lipinski definition) is 1. The second-order valence-electron chi connectivity index (χ2n) is 5.54. The third-order valence-electron chi connectivity index (χ3n) is 4.02. The van der Waals surface area contributed by atoms with Crippen LogP contribution < -0.4 is 0 Å². The summed E-state index contributed by atoms with van der Waals surface area (Å²) in [4.78, 5) is 27.3. The number of hydrogen-bond acceptors (Lipinski definition) is 4. The summed E-state index contributed by atoms with van der Waals surface area (Å²) in [5.41, 5.74) is 0.789. The fraction of sp³-hybridized carbons (Fsp3) is 0.615. The number of amides is 1. The molecule has 0 saturated carbocycles. The highest BCUT2D eigenvalue weighted by atomic mass is 35.5. The van der Waals surface area contributed by atoms with Crippen LogP contribution in [0.15, 0.2) is 0 Å². The molecular weight excluding hydrogens is 296 g/mol. The van der Waals surface area contributed by atoms with Gasteiger partial charge in [-0.1, -0.05) is 11.6 Å². The number of aliphatic carboxylic acids is 1. The molecule has 1 amide bonds. The number of halogens is 1. The number of carbonyl (C=O) groups is 2. The third kappa shape index (κ3) is 2.75. The van der Waals surface area contributed by atoms with Crippen LogP contribution in [0, 0.1) is 6.92 Å². The van der Waals surface area contributed by atoms with Gasteiger partial charge in [-0.3, -0.25) is 9.48 Å². The topological polar surface area (TPSA) is 78.7 Å². The Labute approximate surface area is 128 Å². The van der Waals surface area contributed by atoms with Crippen molar-refractivity contribution in [1.82, 2.24) is 19.6 Å². The minimum absolute atomic E-state index is 0.0126. The Bertz CT molecular complexity index is 584. The van der Waals surface area contributed by atoms with E-state index in [1.807, 2.05) is 19.0 Å². The lowest BCUT2D eigenvalue weighted by atomic mass is 10.1. The van der Waals surface area contributed by atoms with Crippen LogP contribution in [0.5, 0.6) is 0 Å². The van der Waals surface area contributed by atoms with Crippen molar-refractivity contribution in [1.29, 1.82) is 0 Å². The first-order valence-corrected chi connectivity index (χ1v) is 7.01. The minimum Gasteiger partial charge on any atom is -0.480 e. The van der Waals surface area contributed by atoms with Crippen molar-refractivity contribution >= 4 is 23.5 Å². The van der Waals surface area contributed by atoms with Crippen LogP contribution in [0.3, 0.4) is 0 Å². The smallest absolute Gasteiger partial charge is 0.326 e. The summed E-state index contributed by atoms with van der Waals surface area (Å²) in [5.74, 6) is -1.43. The van der Waals surface area contributed by atoms with Gasteiger partial charge in [0.05, 0.1) is 10.7 Å². The maximum absolute atomic E-state index is 12.6. The fourth-order valence-corrected chi connectivity index (χ4v) is 2.74. The van der Waals surface area contributed by atoms with E-state index in [9.17, 15) is 14.7 Å². The Balaban J connectivity index is 2.32. The van der Waals surface area contributed by atoms with Crippen molar-refractivity contribution < 1.29 is 14.7 Å². The number of carbonyl (C=O) groups excluding carboxylic acids is 1. The van der Waals surface area contributed by atoms with Gasteiger partial charge in [0.2, 0.25) is 0 Å². The molecule has 0 radical (unpaired) electrons. The van der Waals surface area contributed by atoms with E-state index in [4.69, 9.17) is 11.6 Å². The van der Waals surface area contributed by atoms with Gasteiger partial charge in [0.1, 0.15) is 6.04 Å². The molecule has 2 heterocycles. The first kappa shape index (κ1) is 15.8. The number of likely N-dealkylation sites (N-methyl/N-ethyl adjacent to an activating group) is 1. The molecule has 116 valence electrons. The summed E-state index contributed by atoms with van der Waals surface area (Å²) >= 11 is 6.12. The average molecular weight is 315 g/mol. The van der Waals surface area contributed by atoms with Crippen LogP contribution in [-0.2, 0) is 11.8 Å². The first-order valence-electron chi connectivity index (χ1n) is 6.63. The van der Waals surface area contributed by atoms with Crippen LogP contribution in [-0.4, -0.2) is 69.3 Å². The van der Waals surface area contributed by atoms with Gasteiger partial charge >= 0.3 is 5.97 Å². The molecule has 0 aliphatic carbocycles. The summed E-state index contributed by atoms with van der Waals surface area (Å²) in [6.45, 7) is 2.11. The second-order valence-corrected chi connectivity index (χ2v) is 5.91. The minimum atomic E-state index is -1.00. The molecule has 2 atom stereocenters. The molecule has 1 aromatic heterocycles. The molecule has 1 N–H and O–H groups in total. The van der Waals surface area contributed by atoms with E-state index in [1.165, 1.54) is 9.58 Å². The molecule has 1 fully saturated rings. The molecule has 2 unspecified atom stereocenters. The van der Waals surface area contributed by atoms with Crippen LogP contribution >= 0.6 is 11.6 Å². The highest BCUT2D eigenvalue weighted by Gasteiger charge is 2.42. The van der Waals surface area contributed by atoms with Crippen molar-refractivity contribution in [2.45, 2.75) is 25.4 Å². The predicted molar refractivity (Wildman–Crippen MR) is 77.5 cm³/mol. The lowest BCUT2D eigenvalue weighted by molar-refractivity contribution is -0.141. The van der Waals surface area contributed by atoms with Gasteiger partial charge in [-0.2, -0.15) is 5.10 Å². The highest BCUT2D eigenvalue weighted by Crippen LogP contribution is 2.26. The number of carboxylic acids is 1. The van der Waals surface area contributed by atoms with Crippen molar-refractivity contribution in [3.05, 3.63) is 16.4 Å². The Morgan fingerprint density at radius 3 is 2.48 bits per heavy atom. The van der Waals surface area contributed by atoms with Gasteiger partial charge in [-0.05, 0) is 27.4 Å². The summed E-state index contributed by atoms with van der Waals surface area (Å²) in [7, 11) is 5.43. The highest BCUT2D eigenvalue weighted by molar-refractivity contribution is 6.34. The van der Waals surface area contributed by atoms with Gasteiger partial charge in [-0.15, -0.1) is 0 Å². The number of likely N-dealkylation sites (tertiary alicyclic amines) is 1. The van der Waals surface area contributed by atoms with E-state index in [2.05, 4.69) is 5.10 Å². The number of aromatic nitrogens is 2. The molecule has 2 rings (SSSR count). The monoisotopic (exact) mass is 314 g/mol. The summed E-state index contributed by atoms with van der Waals surface area (Å²) in [6.07, 6.45) is 0.400. The maximum atomic E-state index is 12.6. The Morgan fingerprint density at radius 1 is 1.43 bits per heavy atom. The second kappa shape index (κ2) is 5.65. The number of aryl methyl sites for hydroxylation is 1. The molecule has 0 aromatic carbocycles. The standard InChI is InChI=1S/C13H19ClN4O3/c1-7-10(14)11(15-17(7)4)12(19)18-6-8(16(2)3)5-9(18)13(20)21/h8-9H,5-6H2,1-4H3,(H,20,21). The van der Waals surface area contributed by atoms with Crippen LogP contribution in [0.2, 0.25) is 5.02 Å². The molecule has 1 aromatic rings. The Hall–Kier alpha value is -1.60. The Kier molecular flexibility index (Phi) is 4.25. The van der Waals surface area contributed by atoms with E-state index in [0.717, 1.165) is 0 Å². The average Bonchev–Trinajstić information content (AvgIpc) is 2.96. The SMILES string of the molecule is Cc1c(Cl)c(C(=O)N2CC(N(C)C)CC2C(=O)O)nn1C. The van der Waals surface area contributed by atoms with E-state index in [0.29, 0.717) is 18.7 Å². The van der Waals surface area contributed by atoms with Crippen molar-refractivity contribution in [2.75, 3.05) is 20.6 Å². The largest absolute Gasteiger partial charge is 0.480 e. The molecular formula is C13H19ClN4O3. The summed E-state index contributed by atoms with van der Waals surface area (Å²) in [5, 5.41) is 13.7. The summed E-state index contributed by atoms with van der Waals surface area (Å²) in [6, 6.07) is -0.832. The van der Waals surface area contributed by atoms with Gasteiger partial charge in [0, 0.05) is 19.6 Å². The molecule has 1 saturated heterocycles. The maximum Gasteiger partial charge on any atom is 0.326 e. The normalized spacial score (nSPS) is 22.1. The van der Waals surface area contributed by atoms with E-state index < -0.39 is 17.9 Å². The van der Waals surface area contributed by atoms with Crippen LogP contribution in [0.4, 0.5) is 0 Å². The zero-order chi connectivity index (χ0) is 15.9. The van der Waals surface area contributed by atoms with Gasteiger partial charge in [0.25, 0.3) is 5.91 Å². The molecule has 1 aliphatic heterocycles. The lowest BCUT2D eigenvalue weighted by Crippen LogP contribution is -2.41. The number of carboxylic acid groups (broad SMARTS) is 1. The van der Waals surface area contributed by atoms with E-state index in [1.54, 1.807) is 14.0 Å². The molecule has 1 aliphatic rings. The molecule has 0 bridgehead atoms. The van der Waals surface area contributed by atoms with E-state index in [-0.39, 0.29) is 16.8 Å². The summed E-state index contributed by atoms with van der Waals surface area (Å²) < 4.78 is 1.52. The molecule has 7 nitrogen and oxygen atoms in total. The predicted octanol–water partition coefficient (Wildman–Crippen LogP) is 0.611.